The van der Waals surface area contributed by atoms with Crippen molar-refractivity contribution in [1.29, 1.82) is 0 Å². The summed E-state index contributed by atoms with van der Waals surface area (Å²) in [6.07, 6.45) is 1.17. The van der Waals surface area contributed by atoms with Crippen LogP contribution in [-0.2, 0) is 13.0 Å². The van der Waals surface area contributed by atoms with E-state index in [-0.39, 0.29) is 0 Å². The fourth-order valence-corrected chi connectivity index (χ4v) is 2.94. The molecule has 1 fully saturated rings. The maximum Gasteiger partial charge on any atom is 0.0234 e. The second kappa shape index (κ2) is 7.39. The summed E-state index contributed by atoms with van der Waals surface area (Å²) in [5.74, 6) is 0. The van der Waals surface area contributed by atoms with Crippen molar-refractivity contribution in [1.82, 2.24) is 9.80 Å². The molecule has 1 aliphatic heterocycles. The Balaban J connectivity index is 1.41. The summed E-state index contributed by atoms with van der Waals surface area (Å²) < 4.78 is 0. The monoisotopic (exact) mass is 280 g/mol. The largest absolute Gasteiger partial charge is 0.300 e. The zero-order chi connectivity index (χ0) is 14.3. The van der Waals surface area contributed by atoms with Crippen LogP contribution in [0.3, 0.4) is 0 Å². The average molecular weight is 280 g/mol. The van der Waals surface area contributed by atoms with Crippen LogP contribution in [-0.4, -0.2) is 42.5 Å². The number of rotatable bonds is 5. The molecule has 0 aromatic heterocycles. The first kappa shape index (κ1) is 14.3. The van der Waals surface area contributed by atoms with Crippen molar-refractivity contribution in [3.63, 3.8) is 0 Å². The first-order valence-electron chi connectivity index (χ1n) is 7.93. The molecular formula is C19H24N2. The highest BCUT2D eigenvalue weighted by atomic mass is 15.3. The molecule has 3 rings (SSSR count). The Bertz CT molecular complexity index is 516. The van der Waals surface area contributed by atoms with Crippen LogP contribution in [0.4, 0.5) is 0 Å². The van der Waals surface area contributed by atoms with Crippen LogP contribution in [0, 0.1) is 0 Å². The first-order valence-corrected chi connectivity index (χ1v) is 7.93. The molecule has 0 spiro atoms. The van der Waals surface area contributed by atoms with Crippen molar-refractivity contribution in [2.24, 2.45) is 0 Å². The van der Waals surface area contributed by atoms with Crippen molar-refractivity contribution in [2.75, 3.05) is 32.7 Å². The lowest BCUT2D eigenvalue weighted by molar-refractivity contribution is 0.128. The van der Waals surface area contributed by atoms with Crippen LogP contribution in [0.1, 0.15) is 11.1 Å². The molecule has 0 atom stereocenters. The Morgan fingerprint density at radius 2 is 1.14 bits per heavy atom. The van der Waals surface area contributed by atoms with Crippen molar-refractivity contribution in [3.8, 4) is 0 Å². The van der Waals surface area contributed by atoms with E-state index in [1.165, 1.54) is 50.3 Å². The predicted octanol–water partition coefficient (Wildman–Crippen LogP) is 3.05. The van der Waals surface area contributed by atoms with Gasteiger partial charge in [-0.2, -0.15) is 0 Å². The molecule has 2 aromatic carbocycles. The molecule has 1 heterocycles. The molecule has 0 unspecified atom stereocenters. The van der Waals surface area contributed by atoms with Gasteiger partial charge in [-0.25, -0.2) is 0 Å². The average Bonchev–Trinajstić information content (AvgIpc) is 2.56. The topological polar surface area (TPSA) is 6.48 Å². The van der Waals surface area contributed by atoms with E-state index in [2.05, 4.69) is 70.5 Å². The molecular weight excluding hydrogens is 256 g/mol. The normalized spacial score (nSPS) is 17.0. The summed E-state index contributed by atoms with van der Waals surface area (Å²) in [5.41, 5.74) is 2.87. The second-order valence-electron chi connectivity index (χ2n) is 5.84. The second-order valence-corrected chi connectivity index (χ2v) is 5.84. The predicted molar refractivity (Wildman–Crippen MR) is 88.3 cm³/mol. The van der Waals surface area contributed by atoms with E-state index in [1.54, 1.807) is 0 Å². The van der Waals surface area contributed by atoms with E-state index in [1.807, 2.05) is 0 Å². The van der Waals surface area contributed by atoms with Gasteiger partial charge in [0, 0.05) is 39.3 Å². The van der Waals surface area contributed by atoms with Gasteiger partial charge in [-0.15, -0.1) is 0 Å². The van der Waals surface area contributed by atoms with E-state index in [9.17, 15) is 0 Å². The minimum absolute atomic E-state index is 1.09. The maximum atomic E-state index is 2.59. The molecule has 2 nitrogen and oxygen atoms in total. The minimum atomic E-state index is 1.09. The molecule has 1 saturated heterocycles. The van der Waals surface area contributed by atoms with E-state index in [4.69, 9.17) is 0 Å². The molecule has 0 aliphatic carbocycles. The molecule has 2 aromatic rings. The van der Waals surface area contributed by atoms with E-state index in [0.717, 1.165) is 6.54 Å². The molecule has 0 N–H and O–H groups in total. The lowest BCUT2D eigenvalue weighted by Gasteiger charge is -2.34. The molecule has 0 amide bonds. The first-order chi connectivity index (χ1) is 10.4. The number of hydrogen-bond donors (Lipinski definition) is 0. The Morgan fingerprint density at radius 1 is 0.619 bits per heavy atom. The molecule has 1 aliphatic rings. The fraction of sp³-hybridized carbons (Fsp3) is 0.368. The summed E-state index contributed by atoms with van der Waals surface area (Å²) in [7, 11) is 0. The van der Waals surface area contributed by atoms with E-state index >= 15 is 0 Å². The zero-order valence-electron chi connectivity index (χ0n) is 12.6. The third kappa shape index (κ3) is 4.42. The number of hydrogen-bond acceptors (Lipinski definition) is 2. The molecule has 0 bridgehead atoms. The highest BCUT2D eigenvalue weighted by molar-refractivity contribution is 5.15. The summed E-state index contributed by atoms with van der Waals surface area (Å²) in [5, 5.41) is 0. The smallest absolute Gasteiger partial charge is 0.0234 e. The number of nitrogens with zero attached hydrogens (tertiary/aromatic N) is 2. The molecule has 0 saturated carbocycles. The van der Waals surface area contributed by atoms with Gasteiger partial charge in [0.25, 0.3) is 0 Å². The highest BCUT2D eigenvalue weighted by Crippen LogP contribution is 2.09. The van der Waals surface area contributed by atoms with Crippen LogP contribution >= 0.6 is 0 Å². The van der Waals surface area contributed by atoms with Crippen LogP contribution in [0.5, 0.6) is 0 Å². The molecule has 0 radical (unpaired) electrons. The third-order valence-electron chi connectivity index (χ3n) is 4.27. The van der Waals surface area contributed by atoms with Crippen molar-refractivity contribution < 1.29 is 0 Å². The lowest BCUT2D eigenvalue weighted by atomic mass is 10.1. The fourth-order valence-electron chi connectivity index (χ4n) is 2.94. The molecule has 21 heavy (non-hydrogen) atoms. The zero-order valence-corrected chi connectivity index (χ0v) is 12.6. The van der Waals surface area contributed by atoms with Gasteiger partial charge in [0.1, 0.15) is 0 Å². The molecule has 110 valence electrons. The SMILES string of the molecule is c1ccc(CCN2CCN(Cc3ccccc3)CC2)cc1. The van der Waals surface area contributed by atoms with Crippen LogP contribution < -0.4 is 0 Å². The van der Waals surface area contributed by atoms with Crippen LogP contribution in [0.25, 0.3) is 0 Å². The van der Waals surface area contributed by atoms with Crippen molar-refractivity contribution in [3.05, 3.63) is 71.8 Å². The van der Waals surface area contributed by atoms with Crippen molar-refractivity contribution >= 4 is 0 Å². The van der Waals surface area contributed by atoms with Gasteiger partial charge >= 0.3 is 0 Å². The van der Waals surface area contributed by atoms with E-state index < -0.39 is 0 Å². The minimum Gasteiger partial charge on any atom is -0.300 e. The van der Waals surface area contributed by atoms with Gasteiger partial charge in [-0.05, 0) is 17.5 Å². The van der Waals surface area contributed by atoms with Gasteiger partial charge in [0.05, 0.1) is 0 Å². The van der Waals surface area contributed by atoms with Gasteiger partial charge < -0.3 is 4.90 Å². The summed E-state index contributed by atoms with van der Waals surface area (Å²) in [6, 6.07) is 21.6. The van der Waals surface area contributed by atoms with Gasteiger partial charge in [-0.1, -0.05) is 60.7 Å². The van der Waals surface area contributed by atoms with Gasteiger partial charge in [-0.3, -0.25) is 4.90 Å². The Labute approximate surface area is 128 Å². The Hall–Kier alpha value is -1.64. The number of piperazine rings is 1. The third-order valence-corrected chi connectivity index (χ3v) is 4.27. The van der Waals surface area contributed by atoms with Crippen LogP contribution in [0.2, 0.25) is 0 Å². The van der Waals surface area contributed by atoms with Crippen molar-refractivity contribution in [2.45, 2.75) is 13.0 Å². The van der Waals surface area contributed by atoms with E-state index in [0.29, 0.717) is 0 Å². The summed E-state index contributed by atoms with van der Waals surface area (Å²) >= 11 is 0. The summed E-state index contributed by atoms with van der Waals surface area (Å²) in [6.45, 7) is 7.03. The summed E-state index contributed by atoms with van der Waals surface area (Å²) in [4.78, 5) is 5.16. The van der Waals surface area contributed by atoms with Gasteiger partial charge in [0.2, 0.25) is 0 Å². The Kier molecular flexibility index (Phi) is 5.03. The standard InChI is InChI=1S/C19H24N2/c1-3-7-18(8-4-1)11-12-20-13-15-21(16-14-20)17-19-9-5-2-6-10-19/h1-10H,11-17H2. The highest BCUT2D eigenvalue weighted by Gasteiger charge is 2.16. The lowest BCUT2D eigenvalue weighted by Crippen LogP contribution is -2.46. The van der Waals surface area contributed by atoms with Gasteiger partial charge in [0.15, 0.2) is 0 Å². The number of benzene rings is 2. The molecule has 2 heteroatoms. The maximum absolute atomic E-state index is 2.59. The van der Waals surface area contributed by atoms with Crippen LogP contribution in [0.15, 0.2) is 60.7 Å². The Morgan fingerprint density at radius 3 is 1.76 bits per heavy atom. The quantitative estimate of drug-likeness (QED) is 0.830.